The summed E-state index contributed by atoms with van der Waals surface area (Å²) in [5, 5.41) is 3.43. The SMILES string of the molecule is NCC1(NCC2CC2)CCC(C(F)(F)F)CC1. The summed E-state index contributed by atoms with van der Waals surface area (Å²) < 4.78 is 37.7. The third-order valence-electron chi connectivity index (χ3n) is 4.26. The van der Waals surface area contributed by atoms with Crippen LogP contribution in [0.3, 0.4) is 0 Å². The van der Waals surface area contributed by atoms with Gasteiger partial charge in [0.2, 0.25) is 0 Å². The summed E-state index contributed by atoms with van der Waals surface area (Å²) >= 11 is 0. The Morgan fingerprint density at radius 1 is 1.12 bits per heavy atom. The molecule has 0 aromatic rings. The van der Waals surface area contributed by atoms with Crippen LogP contribution < -0.4 is 11.1 Å². The Balaban J connectivity index is 1.84. The van der Waals surface area contributed by atoms with Crippen molar-refractivity contribution in [2.75, 3.05) is 13.1 Å². The van der Waals surface area contributed by atoms with Crippen molar-refractivity contribution >= 4 is 0 Å². The zero-order valence-corrected chi connectivity index (χ0v) is 10.0. The normalized spacial score (nSPS) is 34.9. The van der Waals surface area contributed by atoms with E-state index in [0.29, 0.717) is 19.4 Å². The highest BCUT2D eigenvalue weighted by molar-refractivity contribution is 4.96. The molecular weight excluding hydrogens is 229 g/mol. The van der Waals surface area contributed by atoms with Crippen LogP contribution in [0.4, 0.5) is 13.2 Å². The first-order valence-electron chi connectivity index (χ1n) is 6.47. The molecule has 0 spiro atoms. The van der Waals surface area contributed by atoms with Crippen molar-refractivity contribution in [1.29, 1.82) is 0 Å². The Morgan fingerprint density at radius 2 is 1.71 bits per heavy atom. The molecule has 0 aromatic heterocycles. The monoisotopic (exact) mass is 250 g/mol. The number of hydrogen-bond donors (Lipinski definition) is 2. The van der Waals surface area contributed by atoms with Gasteiger partial charge >= 0.3 is 6.18 Å². The van der Waals surface area contributed by atoms with E-state index in [2.05, 4.69) is 5.32 Å². The molecule has 3 N–H and O–H groups in total. The van der Waals surface area contributed by atoms with E-state index in [1.807, 2.05) is 0 Å². The number of nitrogens with two attached hydrogens (primary N) is 1. The summed E-state index contributed by atoms with van der Waals surface area (Å²) in [5.41, 5.74) is 5.52. The van der Waals surface area contributed by atoms with E-state index in [9.17, 15) is 13.2 Å². The summed E-state index contributed by atoms with van der Waals surface area (Å²) in [6.07, 6.45) is 0.0203. The van der Waals surface area contributed by atoms with Crippen LogP contribution in [0.1, 0.15) is 38.5 Å². The molecule has 5 heteroatoms. The lowest BCUT2D eigenvalue weighted by atomic mass is 9.76. The third kappa shape index (κ3) is 3.35. The molecule has 0 heterocycles. The summed E-state index contributed by atoms with van der Waals surface area (Å²) in [6, 6.07) is 0. The lowest BCUT2D eigenvalue weighted by molar-refractivity contribution is -0.185. The summed E-state index contributed by atoms with van der Waals surface area (Å²) in [6.45, 7) is 1.37. The minimum atomic E-state index is -4.03. The molecule has 100 valence electrons. The van der Waals surface area contributed by atoms with E-state index in [-0.39, 0.29) is 18.4 Å². The van der Waals surface area contributed by atoms with Crippen molar-refractivity contribution in [3.8, 4) is 0 Å². The first-order chi connectivity index (χ1) is 7.95. The highest BCUT2D eigenvalue weighted by Gasteiger charge is 2.45. The van der Waals surface area contributed by atoms with Crippen molar-refractivity contribution in [2.24, 2.45) is 17.6 Å². The van der Waals surface area contributed by atoms with E-state index >= 15 is 0 Å². The largest absolute Gasteiger partial charge is 0.391 e. The van der Waals surface area contributed by atoms with Gasteiger partial charge in [-0.15, -0.1) is 0 Å². The van der Waals surface area contributed by atoms with Gasteiger partial charge in [-0.25, -0.2) is 0 Å². The predicted octanol–water partition coefficient (Wildman–Crippen LogP) is 2.44. The van der Waals surface area contributed by atoms with E-state index < -0.39 is 12.1 Å². The summed E-state index contributed by atoms with van der Waals surface area (Å²) in [4.78, 5) is 0. The molecule has 2 aliphatic rings. The molecule has 2 rings (SSSR count). The van der Waals surface area contributed by atoms with Crippen LogP contribution in [0.25, 0.3) is 0 Å². The number of halogens is 3. The minimum Gasteiger partial charge on any atom is -0.329 e. The fourth-order valence-corrected chi connectivity index (χ4v) is 2.63. The average Bonchev–Trinajstić information content (AvgIpc) is 3.09. The molecular formula is C12H21F3N2. The summed E-state index contributed by atoms with van der Waals surface area (Å²) in [5.74, 6) is -0.385. The Kier molecular flexibility index (Phi) is 3.69. The molecule has 0 amide bonds. The standard InChI is InChI=1S/C12H21F3N2/c13-12(14,15)10-3-5-11(8-16,6-4-10)17-7-9-1-2-9/h9-10,17H,1-8,16H2. The van der Waals surface area contributed by atoms with Crippen LogP contribution in [0.2, 0.25) is 0 Å². The zero-order chi connectivity index (χ0) is 12.5. The molecule has 0 aliphatic heterocycles. The van der Waals surface area contributed by atoms with Crippen LogP contribution in [-0.2, 0) is 0 Å². The van der Waals surface area contributed by atoms with Crippen LogP contribution in [-0.4, -0.2) is 24.8 Å². The van der Waals surface area contributed by atoms with Gasteiger partial charge in [-0.3, -0.25) is 0 Å². The third-order valence-corrected chi connectivity index (χ3v) is 4.26. The quantitative estimate of drug-likeness (QED) is 0.804. The molecule has 0 bridgehead atoms. The van der Waals surface area contributed by atoms with E-state index in [1.165, 1.54) is 12.8 Å². The maximum Gasteiger partial charge on any atom is 0.391 e. The second-order valence-electron chi connectivity index (χ2n) is 5.62. The molecule has 17 heavy (non-hydrogen) atoms. The van der Waals surface area contributed by atoms with E-state index in [4.69, 9.17) is 5.73 Å². The molecule has 0 radical (unpaired) electrons. The van der Waals surface area contributed by atoms with E-state index in [1.54, 1.807) is 0 Å². The van der Waals surface area contributed by atoms with Gasteiger partial charge in [0.25, 0.3) is 0 Å². The highest BCUT2D eigenvalue weighted by atomic mass is 19.4. The average molecular weight is 250 g/mol. The van der Waals surface area contributed by atoms with Gasteiger partial charge in [-0.1, -0.05) is 0 Å². The Labute approximate surface area is 100 Å². The number of rotatable bonds is 4. The zero-order valence-electron chi connectivity index (χ0n) is 10.0. The molecule has 0 atom stereocenters. The minimum absolute atomic E-state index is 0.221. The number of hydrogen-bond acceptors (Lipinski definition) is 2. The van der Waals surface area contributed by atoms with Crippen molar-refractivity contribution in [2.45, 2.75) is 50.2 Å². The van der Waals surface area contributed by atoms with Gasteiger partial charge < -0.3 is 11.1 Å². The van der Waals surface area contributed by atoms with Crippen molar-refractivity contribution in [1.82, 2.24) is 5.32 Å². The van der Waals surface area contributed by atoms with Gasteiger partial charge in [0, 0.05) is 12.1 Å². The molecule has 2 aliphatic carbocycles. The van der Waals surface area contributed by atoms with Gasteiger partial charge in [0.15, 0.2) is 0 Å². The lowest BCUT2D eigenvalue weighted by Gasteiger charge is -2.40. The fourth-order valence-electron chi connectivity index (χ4n) is 2.63. The molecule has 0 aromatic carbocycles. The first kappa shape index (κ1) is 13.1. The van der Waals surface area contributed by atoms with Crippen LogP contribution in [0, 0.1) is 11.8 Å². The second-order valence-corrected chi connectivity index (χ2v) is 5.62. The smallest absolute Gasteiger partial charge is 0.329 e. The van der Waals surface area contributed by atoms with Crippen LogP contribution >= 0.6 is 0 Å². The molecule has 2 nitrogen and oxygen atoms in total. The van der Waals surface area contributed by atoms with E-state index in [0.717, 1.165) is 12.5 Å². The molecule has 2 fully saturated rings. The summed E-state index contributed by atoms with van der Waals surface area (Å²) in [7, 11) is 0. The highest BCUT2D eigenvalue weighted by Crippen LogP contribution is 2.41. The van der Waals surface area contributed by atoms with Crippen LogP contribution in [0.5, 0.6) is 0 Å². The van der Waals surface area contributed by atoms with Crippen molar-refractivity contribution in [3.05, 3.63) is 0 Å². The maximum atomic E-state index is 12.6. The molecule has 0 unspecified atom stereocenters. The second kappa shape index (κ2) is 4.76. The van der Waals surface area contributed by atoms with Gasteiger partial charge in [-0.05, 0) is 51.0 Å². The Hall–Kier alpha value is -0.290. The molecule has 0 saturated heterocycles. The topological polar surface area (TPSA) is 38.0 Å². The Morgan fingerprint density at radius 3 is 2.12 bits per heavy atom. The fraction of sp³-hybridized carbons (Fsp3) is 1.00. The number of nitrogens with one attached hydrogen (secondary N) is 1. The number of alkyl halides is 3. The van der Waals surface area contributed by atoms with Gasteiger partial charge in [0.1, 0.15) is 0 Å². The molecule has 2 saturated carbocycles. The first-order valence-corrected chi connectivity index (χ1v) is 6.47. The van der Waals surface area contributed by atoms with Crippen LogP contribution in [0.15, 0.2) is 0 Å². The Bertz CT molecular complexity index is 253. The predicted molar refractivity (Wildman–Crippen MR) is 60.5 cm³/mol. The van der Waals surface area contributed by atoms with Crippen molar-refractivity contribution in [3.63, 3.8) is 0 Å². The lowest BCUT2D eigenvalue weighted by Crippen LogP contribution is -2.54. The van der Waals surface area contributed by atoms with Gasteiger partial charge in [-0.2, -0.15) is 13.2 Å². The van der Waals surface area contributed by atoms with Crippen molar-refractivity contribution < 1.29 is 13.2 Å². The van der Waals surface area contributed by atoms with Gasteiger partial charge in [0.05, 0.1) is 5.92 Å². The maximum absolute atomic E-state index is 12.6.